The maximum absolute atomic E-state index is 11.8. The van der Waals surface area contributed by atoms with E-state index >= 15 is 0 Å². The number of methoxy groups -OCH3 is 1. The van der Waals surface area contributed by atoms with Crippen molar-refractivity contribution in [3.63, 3.8) is 0 Å². The lowest BCUT2D eigenvalue weighted by Crippen LogP contribution is -2.43. The van der Waals surface area contributed by atoms with E-state index in [0.29, 0.717) is 24.8 Å². The topological polar surface area (TPSA) is 84.4 Å². The van der Waals surface area contributed by atoms with E-state index < -0.39 is 10.0 Å². The number of sulfonamides is 1. The average Bonchev–Trinajstić information content (AvgIpc) is 2.48. The predicted octanol–water partition coefficient (Wildman–Crippen LogP) is 0.711. The lowest BCUT2D eigenvalue weighted by Gasteiger charge is -2.31. The van der Waals surface area contributed by atoms with Crippen molar-refractivity contribution in [2.24, 2.45) is 0 Å². The molecular weight excluding hydrogens is 280 g/mol. The van der Waals surface area contributed by atoms with Gasteiger partial charge in [-0.15, -0.1) is 0 Å². The fourth-order valence-electron chi connectivity index (χ4n) is 2.23. The largest absolute Gasteiger partial charge is 0.478 e. The van der Waals surface area contributed by atoms with Crippen molar-refractivity contribution in [2.45, 2.75) is 25.8 Å². The molecule has 0 bridgehead atoms. The zero-order valence-corrected chi connectivity index (χ0v) is 12.6. The van der Waals surface area contributed by atoms with Crippen LogP contribution in [0.5, 0.6) is 5.88 Å². The fourth-order valence-corrected chi connectivity index (χ4v) is 3.36. The highest BCUT2D eigenvalue weighted by molar-refractivity contribution is 7.89. The highest BCUT2D eigenvalue weighted by atomic mass is 32.2. The first-order chi connectivity index (χ1) is 9.56. The lowest BCUT2D eigenvalue weighted by molar-refractivity contribution is 0.328. The Labute approximate surface area is 119 Å². The summed E-state index contributed by atoms with van der Waals surface area (Å²) >= 11 is 0. The molecule has 2 rings (SSSR count). The minimum atomic E-state index is -3.08. The molecule has 0 radical (unpaired) electrons. The molecule has 8 heteroatoms. The van der Waals surface area contributed by atoms with Gasteiger partial charge in [0.1, 0.15) is 0 Å². The van der Waals surface area contributed by atoms with Gasteiger partial charge in [-0.3, -0.25) is 0 Å². The molecule has 2 heterocycles. The van der Waals surface area contributed by atoms with Crippen LogP contribution < -0.4 is 10.1 Å². The molecule has 1 fully saturated rings. The molecule has 1 aliphatic heterocycles. The summed E-state index contributed by atoms with van der Waals surface area (Å²) in [5, 5.41) is 3.27. The SMILES string of the molecule is CCS(=O)(=O)N1CCC(Nc2nccnc2OC)CC1. The molecule has 0 aromatic carbocycles. The molecule has 0 aliphatic carbocycles. The summed E-state index contributed by atoms with van der Waals surface area (Å²) in [5.74, 6) is 1.21. The fraction of sp³-hybridized carbons (Fsp3) is 0.667. The molecule has 0 atom stereocenters. The maximum Gasteiger partial charge on any atom is 0.257 e. The minimum absolute atomic E-state index is 0.156. The van der Waals surface area contributed by atoms with Crippen LogP contribution in [0.25, 0.3) is 0 Å². The van der Waals surface area contributed by atoms with E-state index in [0.717, 1.165) is 12.8 Å². The molecule has 0 amide bonds. The third-order valence-corrected chi connectivity index (χ3v) is 5.29. The highest BCUT2D eigenvalue weighted by Gasteiger charge is 2.27. The third-order valence-electron chi connectivity index (χ3n) is 3.41. The van der Waals surface area contributed by atoms with Crippen LogP contribution in [0.3, 0.4) is 0 Å². The van der Waals surface area contributed by atoms with Gasteiger partial charge in [-0.05, 0) is 19.8 Å². The van der Waals surface area contributed by atoms with E-state index in [1.807, 2.05) is 0 Å². The molecule has 0 saturated carbocycles. The van der Waals surface area contributed by atoms with E-state index in [9.17, 15) is 8.42 Å². The Hall–Kier alpha value is -1.41. The molecule has 7 nitrogen and oxygen atoms in total. The van der Waals surface area contributed by atoms with Crippen molar-refractivity contribution < 1.29 is 13.2 Å². The first-order valence-corrected chi connectivity index (χ1v) is 8.27. The molecule has 1 N–H and O–H groups in total. The summed E-state index contributed by atoms with van der Waals surface area (Å²) in [6.07, 6.45) is 4.67. The third kappa shape index (κ3) is 3.37. The molecule has 0 spiro atoms. The molecule has 112 valence electrons. The van der Waals surface area contributed by atoms with Gasteiger partial charge >= 0.3 is 0 Å². The van der Waals surface area contributed by atoms with E-state index in [-0.39, 0.29) is 11.8 Å². The Morgan fingerprint density at radius 2 is 2.00 bits per heavy atom. The summed E-state index contributed by atoms with van der Waals surface area (Å²) in [6.45, 7) is 2.75. The van der Waals surface area contributed by atoms with Crippen LogP contribution in [0, 0.1) is 0 Å². The van der Waals surface area contributed by atoms with Gasteiger partial charge in [0, 0.05) is 31.5 Å². The highest BCUT2D eigenvalue weighted by Crippen LogP contribution is 2.22. The predicted molar refractivity (Wildman–Crippen MR) is 76.3 cm³/mol. The van der Waals surface area contributed by atoms with Gasteiger partial charge in [0.05, 0.1) is 12.9 Å². The van der Waals surface area contributed by atoms with E-state index in [1.54, 1.807) is 30.7 Å². The van der Waals surface area contributed by atoms with Crippen LogP contribution in [0.4, 0.5) is 5.82 Å². The zero-order valence-electron chi connectivity index (χ0n) is 11.7. The van der Waals surface area contributed by atoms with Crippen molar-refractivity contribution in [3.05, 3.63) is 12.4 Å². The summed E-state index contributed by atoms with van der Waals surface area (Å²) < 4.78 is 30.3. The van der Waals surface area contributed by atoms with Crippen molar-refractivity contribution in [3.8, 4) is 5.88 Å². The van der Waals surface area contributed by atoms with Crippen molar-refractivity contribution in [2.75, 3.05) is 31.3 Å². The van der Waals surface area contributed by atoms with Crippen molar-refractivity contribution in [1.29, 1.82) is 0 Å². The van der Waals surface area contributed by atoms with E-state index in [4.69, 9.17) is 4.74 Å². The number of hydrogen-bond donors (Lipinski definition) is 1. The number of ether oxygens (including phenoxy) is 1. The van der Waals surface area contributed by atoms with Gasteiger partial charge in [0.2, 0.25) is 10.0 Å². The van der Waals surface area contributed by atoms with E-state index in [2.05, 4.69) is 15.3 Å². The molecule has 1 aliphatic rings. The number of anilines is 1. The number of nitrogens with one attached hydrogen (secondary N) is 1. The summed E-state index contributed by atoms with van der Waals surface area (Å²) in [6, 6.07) is 0.184. The lowest BCUT2D eigenvalue weighted by atomic mass is 10.1. The number of rotatable bonds is 5. The van der Waals surface area contributed by atoms with Gasteiger partial charge in [0.15, 0.2) is 5.82 Å². The first-order valence-electron chi connectivity index (χ1n) is 6.66. The second kappa shape index (κ2) is 6.36. The van der Waals surface area contributed by atoms with Gasteiger partial charge < -0.3 is 10.1 Å². The Morgan fingerprint density at radius 3 is 2.60 bits per heavy atom. The van der Waals surface area contributed by atoms with Crippen LogP contribution >= 0.6 is 0 Å². The Morgan fingerprint density at radius 1 is 1.35 bits per heavy atom. The van der Waals surface area contributed by atoms with Crippen LogP contribution in [-0.2, 0) is 10.0 Å². The molecule has 1 saturated heterocycles. The van der Waals surface area contributed by atoms with Gasteiger partial charge in [-0.2, -0.15) is 0 Å². The number of hydrogen-bond acceptors (Lipinski definition) is 6. The second-order valence-electron chi connectivity index (χ2n) is 4.63. The number of aromatic nitrogens is 2. The number of piperidine rings is 1. The summed E-state index contributed by atoms with van der Waals surface area (Å²) in [5.41, 5.74) is 0. The van der Waals surface area contributed by atoms with Gasteiger partial charge in [0.25, 0.3) is 5.88 Å². The Kier molecular flexibility index (Phi) is 4.77. The smallest absolute Gasteiger partial charge is 0.257 e. The molecular formula is C12H20N4O3S. The standard InChI is InChI=1S/C12H20N4O3S/c1-3-20(17,18)16-8-4-10(5-9-16)15-11-12(19-2)14-7-6-13-11/h6-7,10H,3-5,8-9H2,1-2H3,(H,13,15). The Balaban J connectivity index is 1.95. The first kappa shape index (κ1) is 15.0. The molecule has 1 aromatic rings. The van der Waals surface area contributed by atoms with Crippen LogP contribution in [0.2, 0.25) is 0 Å². The van der Waals surface area contributed by atoms with Crippen molar-refractivity contribution >= 4 is 15.8 Å². The zero-order chi connectivity index (χ0) is 14.6. The van der Waals surface area contributed by atoms with Crippen LogP contribution in [0.1, 0.15) is 19.8 Å². The van der Waals surface area contributed by atoms with Gasteiger partial charge in [-0.25, -0.2) is 22.7 Å². The monoisotopic (exact) mass is 300 g/mol. The summed E-state index contributed by atoms with van der Waals surface area (Å²) in [7, 11) is -1.53. The maximum atomic E-state index is 11.8. The summed E-state index contributed by atoms with van der Waals surface area (Å²) in [4.78, 5) is 8.27. The van der Waals surface area contributed by atoms with E-state index in [1.165, 1.54) is 0 Å². The second-order valence-corrected chi connectivity index (χ2v) is 6.89. The molecule has 0 unspecified atom stereocenters. The van der Waals surface area contributed by atoms with Crippen LogP contribution in [-0.4, -0.2) is 54.7 Å². The number of nitrogens with zero attached hydrogens (tertiary/aromatic N) is 3. The van der Waals surface area contributed by atoms with Gasteiger partial charge in [-0.1, -0.05) is 0 Å². The van der Waals surface area contributed by atoms with Crippen LogP contribution in [0.15, 0.2) is 12.4 Å². The Bertz CT molecular complexity index is 541. The average molecular weight is 300 g/mol. The quantitative estimate of drug-likeness (QED) is 0.862. The molecule has 1 aromatic heterocycles. The van der Waals surface area contributed by atoms with Crippen molar-refractivity contribution in [1.82, 2.24) is 14.3 Å². The molecule has 20 heavy (non-hydrogen) atoms. The minimum Gasteiger partial charge on any atom is -0.478 e. The normalized spacial score (nSPS) is 17.9.